The minimum atomic E-state index is -3.75. The van der Waals surface area contributed by atoms with Crippen molar-refractivity contribution in [3.8, 4) is 0 Å². The average Bonchev–Trinajstić information content (AvgIpc) is 2.60. The summed E-state index contributed by atoms with van der Waals surface area (Å²) >= 11 is 3.29. The molecule has 0 aromatic heterocycles. The zero-order valence-electron chi connectivity index (χ0n) is 15.0. The smallest absolute Gasteiger partial charge is 0.338 e. The van der Waals surface area contributed by atoms with Gasteiger partial charge in [-0.2, -0.15) is 4.31 Å². The number of hydrogen-bond acceptors (Lipinski definition) is 4. The SMILES string of the molecule is CCOC(=O)c1ccc(S(=O)(=O)N(Cc2ccccc2)C(C)C)c(Br)c1. The maximum absolute atomic E-state index is 13.2. The molecule has 0 saturated heterocycles. The van der Waals surface area contributed by atoms with E-state index in [0.29, 0.717) is 10.0 Å². The standard InChI is InChI=1S/C19H22BrNO4S/c1-4-25-19(22)16-10-11-18(17(20)12-16)26(23,24)21(14(2)3)13-15-8-6-5-7-9-15/h5-12,14H,4,13H2,1-3H3. The zero-order valence-corrected chi connectivity index (χ0v) is 17.4. The van der Waals surface area contributed by atoms with E-state index in [1.165, 1.54) is 22.5 Å². The van der Waals surface area contributed by atoms with E-state index in [0.717, 1.165) is 5.56 Å². The van der Waals surface area contributed by atoms with E-state index in [2.05, 4.69) is 15.9 Å². The van der Waals surface area contributed by atoms with Crippen molar-refractivity contribution >= 4 is 31.9 Å². The van der Waals surface area contributed by atoms with E-state index < -0.39 is 16.0 Å². The Hall–Kier alpha value is -1.70. The Balaban J connectivity index is 2.38. The fourth-order valence-corrected chi connectivity index (χ4v) is 5.15. The summed E-state index contributed by atoms with van der Waals surface area (Å²) < 4.78 is 33.1. The highest BCUT2D eigenvalue weighted by Crippen LogP contribution is 2.28. The number of hydrogen-bond donors (Lipinski definition) is 0. The van der Waals surface area contributed by atoms with Gasteiger partial charge in [0, 0.05) is 17.1 Å². The summed E-state index contributed by atoms with van der Waals surface area (Å²) in [4.78, 5) is 12.0. The number of halogens is 1. The summed E-state index contributed by atoms with van der Waals surface area (Å²) in [5.74, 6) is -0.484. The Morgan fingerprint density at radius 1 is 1.15 bits per heavy atom. The molecule has 5 nitrogen and oxygen atoms in total. The summed E-state index contributed by atoms with van der Waals surface area (Å²) in [5, 5.41) is 0. The third-order valence-electron chi connectivity index (χ3n) is 3.79. The Bertz CT molecular complexity index is 866. The van der Waals surface area contributed by atoms with Crippen LogP contribution in [0.2, 0.25) is 0 Å². The molecular weight excluding hydrogens is 418 g/mol. The van der Waals surface area contributed by atoms with Gasteiger partial charge in [0.05, 0.1) is 17.1 Å². The predicted octanol–water partition coefficient (Wildman–Crippen LogP) is 4.23. The first kappa shape index (κ1) is 20.6. The Morgan fingerprint density at radius 2 is 1.81 bits per heavy atom. The second-order valence-electron chi connectivity index (χ2n) is 6.00. The molecule has 0 fully saturated rings. The summed E-state index contributed by atoms with van der Waals surface area (Å²) in [6.07, 6.45) is 0. The molecule has 26 heavy (non-hydrogen) atoms. The highest BCUT2D eigenvalue weighted by Gasteiger charge is 2.29. The lowest BCUT2D eigenvalue weighted by Gasteiger charge is -2.26. The summed E-state index contributed by atoms with van der Waals surface area (Å²) in [6.45, 7) is 5.92. The topological polar surface area (TPSA) is 63.7 Å². The van der Waals surface area contributed by atoms with Crippen molar-refractivity contribution in [2.24, 2.45) is 0 Å². The molecule has 140 valence electrons. The number of benzene rings is 2. The van der Waals surface area contributed by atoms with Crippen LogP contribution in [0.15, 0.2) is 57.9 Å². The van der Waals surface area contributed by atoms with E-state index >= 15 is 0 Å². The van der Waals surface area contributed by atoms with Gasteiger partial charge in [-0.15, -0.1) is 0 Å². The molecule has 2 rings (SSSR count). The van der Waals surface area contributed by atoms with Crippen molar-refractivity contribution in [1.82, 2.24) is 4.31 Å². The Morgan fingerprint density at radius 3 is 2.35 bits per heavy atom. The van der Waals surface area contributed by atoms with Crippen LogP contribution in [-0.4, -0.2) is 31.3 Å². The highest BCUT2D eigenvalue weighted by atomic mass is 79.9. The molecule has 0 amide bonds. The van der Waals surface area contributed by atoms with Gasteiger partial charge in [0.2, 0.25) is 10.0 Å². The molecule has 0 aliphatic carbocycles. The maximum Gasteiger partial charge on any atom is 0.338 e. The number of carbonyl (C=O) groups excluding carboxylic acids is 1. The number of sulfonamides is 1. The van der Waals surface area contributed by atoms with Gasteiger partial charge in [0.15, 0.2) is 0 Å². The predicted molar refractivity (Wildman–Crippen MR) is 104 cm³/mol. The van der Waals surface area contributed by atoms with Crippen LogP contribution in [0, 0.1) is 0 Å². The summed E-state index contributed by atoms with van der Waals surface area (Å²) in [7, 11) is -3.75. The zero-order chi connectivity index (χ0) is 19.3. The molecular formula is C19H22BrNO4S. The molecule has 2 aromatic rings. The molecule has 0 N–H and O–H groups in total. The number of ether oxygens (including phenoxy) is 1. The van der Waals surface area contributed by atoms with Crippen molar-refractivity contribution < 1.29 is 17.9 Å². The van der Waals surface area contributed by atoms with Crippen molar-refractivity contribution in [1.29, 1.82) is 0 Å². The van der Waals surface area contributed by atoms with Crippen LogP contribution in [0.5, 0.6) is 0 Å². The number of carbonyl (C=O) groups is 1. The molecule has 0 heterocycles. The lowest BCUT2D eigenvalue weighted by atomic mass is 10.2. The summed E-state index contributed by atoms with van der Waals surface area (Å²) in [5.41, 5.74) is 1.21. The van der Waals surface area contributed by atoms with Crippen molar-refractivity contribution in [3.05, 3.63) is 64.1 Å². The van der Waals surface area contributed by atoms with Crippen LogP contribution in [0.1, 0.15) is 36.7 Å². The maximum atomic E-state index is 13.2. The fraction of sp³-hybridized carbons (Fsp3) is 0.316. The van der Waals surface area contributed by atoms with Crippen molar-refractivity contribution in [2.45, 2.75) is 38.3 Å². The quantitative estimate of drug-likeness (QED) is 0.605. The number of nitrogens with zero attached hydrogens (tertiary/aromatic N) is 1. The van der Waals surface area contributed by atoms with Gasteiger partial charge in [0.1, 0.15) is 0 Å². The molecule has 0 aliphatic rings. The van der Waals surface area contributed by atoms with Crippen LogP contribution in [0.4, 0.5) is 0 Å². The minimum Gasteiger partial charge on any atom is -0.462 e. The Labute approximate surface area is 163 Å². The average molecular weight is 440 g/mol. The third kappa shape index (κ3) is 4.72. The number of esters is 1. The molecule has 0 unspecified atom stereocenters. The van der Waals surface area contributed by atoms with Gasteiger partial charge in [-0.1, -0.05) is 30.3 Å². The van der Waals surface area contributed by atoms with Gasteiger partial charge in [-0.3, -0.25) is 0 Å². The van der Waals surface area contributed by atoms with Crippen LogP contribution >= 0.6 is 15.9 Å². The van der Waals surface area contributed by atoms with Crippen LogP contribution in [-0.2, 0) is 21.3 Å². The second kappa shape index (κ2) is 8.79. The number of rotatable bonds is 7. The van der Waals surface area contributed by atoms with E-state index in [1.54, 1.807) is 6.92 Å². The van der Waals surface area contributed by atoms with Crippen LogP contribution < -0.4 is 0 Å². The third-order valence-corrected chi connectivity index (χ3v) is 6.79. The molecule has 0 bridgehead atoms. The van der Waals surface area contributed by atoms with E-state index in [9.17, 15) is 13.2 Å². The molecule has 0 atom stereocenters. The Kier molecular flexibility index (Phi) is 6.97. The molecule has 0 aliphatic heterocycles. The largest absolute Gasteiger partial charge is 0.462 e. The van der Waals surface area contributed by atoms with Crippen LogP contribution in [0.25, 0.3) is 0 Å². The molecule has 7 heteroatoms. The normalized spacial score (nSPS) is 11.8. The lowest BCUT2D eigenvalue weighted by molar-refractivity contribution is 0.0526. The monoisotopic (exact) mass is 439 g/mol. The van der Waals surface area contributed by atoms with E-state index in [1.807, 2.05) is 44.2 Å². The first-order valence-electron chi connectivity index (χ1n) is 8.29. The van der Waals surface area contributed by atoms with Gasteiger partial charge >= 0.3 is 5.97 Å². The van der Waals surface area contributed by atoms with Crippen molar-refractivity contribution in [3.63, 3.8) is 0 Å². The molecule has 0 saturated carbocycles. The molecule has 0 radical (unpaired) electrons. The van der Waals surface area contributed by atoms with Gasteiger partial charge < -0.3 is 4.74 Å². The first-order valence-corrected chi connectivity index (χ1v) is 10.5. The molecule has 0 spiro atoms. The van der Waals surface area contributed by atoms with Gasteiger partial charge in [0.25, 0.3) is 0 Å². The highest BCUT2D eigenvalue weighted by molar-refractivity contribution is 9.10. The fourth-order valence-electron chi connectivity index (χ4n) is 2.49. The second-order valence-corrected chi connectivity index (χ2v) is 8.71. The van der Waals surface area contributed by atoms with Gasteiger partial charge in [-0.25, -0.2) is 13.2 Å². The first-order chi connectivity index (χ1) is 12.3. The minimum absolute atomic E-state index is 0.121. The van der Waals surface area contributed by atoms with Crippen LogP contribution in [0.3, 0.4) is 0 Å². The van der Waals surface area contributed by atoms with E-state index in [4.69, 9.17) is 4.74 Å². The van der Waals surface area contributed by atoms with E-state index in [-0.39, 0.29) is 24.1 Å². The van der Waals surface area contributed by atoms with Gasteiger partial charge in [-0.05, 0) is 60.5 Å². The summed E-state index contributed by atoms with van der Waals surface area (Å²) in [6, 6.07) is 13.6. The molecule has 2 aromatic carbocycles. The lowest BCUT2D eigenvalue weighted by Crippen LogP contribution is -2.36. The van der Waals surface area contributed by atoms with Crippen molar-refractivity contribution in [2.75, 3.05) is 6.61 Å².